The third-order valence-corrected chi connectivity index (χ3v) is 6.92. The lowest BCUT2D eigenvalue weighted by Gasteiger charge is -2.29. The molecule has 2 aromatic carbocycles. The summed E-state index contributed by atoms with van der Waals surface area (Å²) < 4.78 is 13.9. The van der Waals surface area contributed by atoms with Crippen LogP contribution in [-0.4, -0.2) is 14.2 Å². The summed E-state index contributed by atoms with van der Waals surface area (Å²) in [5.74, 6) is 1.99. The molecule has 2 aliphatic carbocycles. The van der Waals surface area contributed by atoms with Gasteiger partial charge in [-0.05, 0) is 61.1 Å². The highest BCUT2D eigenvalue weighted by Crippen LogP contribution is 2.59. The van der Waals surface area contributed by atoms with Gasteiger partial charge in [0, 0.05) is 25.5 Å². The number of rotatable bonds is 2. The largest absolute Gasteiger partial charge is 0.496 e. The highest BCUT2D eigenvalue weighted by atomic mass is 79.9. The van der Waals surface area contributed by atoms with Crippen LogP contribution in [0, 0.1) is 0 Å². The van der Waals surface area contributed by atoms with Crippen LogP contribution in [0.2, 0.25) is 0 Å². The Morgan fingerprint density at radius 3 is 1.61 bits per heavy atom. The van der Waals surface area contributed by atoms with Crippen LogP contribution < -0.4 is 9.47 Å². The second kappa shape index (κ2) is 5.52. The van der Waals surface area contributed by atoms with Crippen molar-refractivity contribution in [2.24, 2.45) is 0 Å². The Morgan fingerprint density at radius 2 is 1.22 bits per heavy atom. The van der Waals surface area contributed by atoms with Crippen molar-refractivity contribution in [3.8, 4) is 11.5 Å². The molecule has 4 heteroatoms. The van der Waals surface area contributed by atoms with E-state index >= 15 is 0 Å². The van der Waals surface area contributed by atoms with E-state index < -0.39 is 0 Å². The maximum atomic E-state index is 5.74. The van der Waals surface area contributed by atoms with Gasteiger partial charge in [-0.2, -0.15) is 0 Å². The van der Waals surface area contributed by atoms with Gasteiger partial charge >= 0.3 is 0 Å². The van der Waals surface area contributed by atoms with Gasteiger partial charge in [-0.3, -0.25) is 0 Å². The molecule has 0 amide bonds. The van der Waals surface area contributed by atoms with Gasteiger partial charge in [-0.15, -0.1) is 0 Å². The first-order chi connectivity index (χ1) is 11.1. The number of fused-ring (bicyclic) bond motifs is 4. The summed E-state index contributed by atoms with van der Waals surface area (Å²) in [6.07, 6.45) is 4.37. The first kappa shape index (κ1) is 15.5. The summed E-state index contributed by atoms with van der Waals surface area (Å²) in [7, 11) is 3.53. The van der Waals surface area contributed by atoms with Gasteiger partial charge in [0.1, 0.15) is 11.5 Å². The summed E-state index contributed by atoms with van der Waals surface area (Å²) in [5, 5.41) is 0. The molecule has 0 unspecified atom stereocenters. The van der Waals surface area contributed by atoms with E-state index in [2.05, 4.69) is 56.1 Å². The second-order valence-corrected chi connectivity index (χ2v) is 8.00. The van der Waals surface area contributed by atoms with Crippen LogP contribution in [0.5, 0.6) is 11.5 Å². The minimum Gasteiger partial charge on any atom is -0.496 e. The average Bonchev–Trinajstić information content (AvgIpc) is 3.14. The van der Waals surface area contributed by atoms with Crippen molar-refractivity contribution in [1.82, 2.24) is 0 Å². The van der Waals surface area contributed by atoms with Crippen LogP contribution in [0.15, 0.2) is 33.2 Å². The minimum absolute atomic E-state index is 0.00884. The molecular weight excluding hydrogens is 420 g/mol. The molecule has 0 aromatic heterocycles. The molecule has 0 saturated heterocycles. The van der Waals surface area contributed by atoms with Gasteiger partial charge < -0.3 is 9.47 Å². The first-order valence-electron chi connectivity index (χ1n) is 7.84. The lowest BCUT2D eigenvalue weighted by Crippen LogP contribution is -2.22. The van der Waals surface area contributed by atoms with Crippen LogP contribution in [0.25, 0.3) is 0 Å². The molecule has 23 heavy (non-hydrogen) atoms. The number of benzene rings is 2. The fourth-order valence-electron chi connectivity index (χ4n) is 4.51. The third-order valence-electron chi connectivity index (χ3n) is 5.44. The van der Waals surface area contributed by atoms with Crippen molar-refractivity contribution in [2.75, 3.05) is 14.2 Å². The zero-order valence-electron chi connectivity index (χ0n) is 13.2. The molecule has 0 atom stereocenters. The van der Waals surface area contributed by atoms with Crippen LogP contribution in [0.3, 0.4) is 0 Å². The topological polar surface area (TPSA) is 18.5 Å². The van der Waals surface area contributed by atoms with E-state index in [1.807, 2.05) is 0 Å². The molecule has 0 bridgehead atoms. The van der Waals surface area contributed by atoms with Crippen LogP contribution in [-0.2, 0) is 18.3 Å². The van der Waals surface area contributed by atoms with Gasteiger partial charge in [0.05, 0.1) is 14.2 Å². The molecule has 2 aromatic rings. The van der Waals surface area contributed by atoms with Crippen LogP contribution in [0.1, 0.15) is 35.1 Å². The average molecular weight is 438 g/mol. The van der Waals surface area contributed by atoms with Crippen molar-refractivity contribution in [1.29, 1.82) is 0 Å². The Labute approximate surface area is 153 Å². The summed E-state index contributed by atoms with van der Waals surface area (Å²) in [6.45, 7) is 0. The van der Waals surface area contributed by atoms with Crippen molar-refractivity contribution in [3.05, 3.63) is 55.5 Å². The Kier molecular flexibility index (Phi) is 3.73. The quantitative estimate of drug-likeness (QED) is 0.625. The molecule has 0 saturated carbocycles. The highest BCUT2D eigenvalue weighted by Gasteiger charge is 2.49. The zero-order valence-corrected chi connectivity index (χ0v) is 16.4. The predicted octanol–water partition coefficient (Wildman–Crippen LogP) is 5.41. The van der Waals surface area contributed by atoms with E-state index in [1.54, 1.807) is 14.2 Å². The predicted molar refractivity (Wildman–Crippen MR) is 98.8 cm³/mol. The van der Waals surface area contributed by atoms with E-state index in [4.69, 9.17) is 9.47 Å². The van der Waals surface area contributed by atoms with Crippen molar-refractivity contribution < 1.29 is 9.47 Å². The highest BCUT2D eigenvalue weighted by molar-refractivity contribution is 9.10. The number of hydrogen-bond acceptors (Lipinski definition) is 2. The SMILES string of the molecule is COc1ccc(Br)c2c1C1(CC2)CCc2c(Br)ccc(OC)c21. The lowest BCUT2D eigenvalue weighted by atomic mass is 9.76. The second-order valence-electron chi connectivity index (χ2n) is 6.29. The Balaban J connectivity index is 2.04. The first-order valence-corrected chi connectivity index (χ1v) is 9.42. The molecule has 4 rings (SSSR count). The maximum absolute atomic E-state index is 5.74. The molecule has 120 valence electrons. The van der Waals surface area contributed by atoms with Crippen molar-refractivity contribution in [3.63, 3.8) is 0 Å². The maximum Gasteiger partial charge on any atom is 0.123 e. The molecule has 0 aliphatic heterocycles. The van der Waals surface area contributed by atoms with E-state index in [0.29, 0.717) is 0 Å². The zero-order chi connectivity index (χ0) is 16.2. The van der Waals surface area contributed by atoms with E-state index in [9.17, 15) is 0 Å². The minimum atomic E-state index is 0.00884. The van der Waals surface area contributed by atoms with Gasteiger partial charge in [0.2, 0.25) is 0 Å². The summed E-state index contributed by atoms with van der Waals surface area (Å²) >= 11 is 7.47. The molecule has 1 spiro atoms. The van der Waals surface area contributed by atoms with Gasteiger partial charge in [-0.1, -0.05) is 31.9 Å². The Bertz CT molecular complexity index is 731. The normalized spacial score (nSPS) is 17.2. The molecule has 0 radical (unpaired) electrons. The fraction of sp³-hybridized carbons (Fsp3) is 0.368. The van der Waals surface area contributed by atoms with E-state index in [0.717, 1.165) is 37.2 Å². The number of halogens is 2. The van der Waals surface area contributed by atoms with E-state index in [-0.39, 0.29) is 5.41 Å². The third kappa shape index (κ3) is 2.04. The summed E-state index contributed by atoms with van der Waals surface area (Å²) in [5.41, 5.74) is 5.49. The fourth-order valence-corrected chi connectivity index (χ4v) is 5.56. The number of hydrogen-bond donors (Lipinski definition) is 0. The molecular formula is C19H18Br2O2. The Hall–Kier alpha value is -1.00. The van der Waals surface area contributed by atoms with Crippen molar-refractivity contribution >= 4 is 31.9 Å². The standard InChI is InChI=1S/C19H18Br2O2/c1-22-15-5-3-13(20)11-7-9-19(17(11)15)10-8-12-14(21)4-6-16(23-2)18(12)19/h3-6H,7-10H2,1-2H3. The number of methoxy groups -OCH3 is 2. The van der Waals surface area contributed by atoms with Crippen molar-refractivity contribution in [2.45, 2.75) is 31.1 Å². The lowest BCUT2D eigenvalue weighted by molar-refractivity contribution is 0.379. The molecule has 0 heterocycles. The molecule has 0 fully saturated rings. The molecule has 2 nitrogen and oxygen atoms in total. The molecule has 2 aliphatic rings. The summed E-state index contributed by atoms with van der Waals surface area (Å²) in [6, 6.07) is 8.37. The van der Waals surface area contributed by atoms with Gasteiger partial charge in [0.25, 0.3) is 0 Å². The summed E-state index contributed by atoms with van der Waals surface area (Å²) in [4.78, 5) is 0. The smallest absolute Gasteiger partial charge is 0.123 e. The van der Waals surface area contributed by atoms with Gasteiger partial charge in [0.15, 0.2) is 0 Å². The van der Waals surface area contributed by atoms with Crippen LogP contribution in [0.4, 0.5) is 0 Å². The van der Waals surface area contributed by atoms with E-state index in [1.165, 1.54) is 31.2 Å². The monoisotopic (exact) mass is 436 g/mol. The Morgan fingerprint density at radius 1 is 0.783 bits per heavy atom. The van der Waals surface area contributed by atoms with Gasteiger partial charge in [-0.25, -0.2) is 0 Å². The molecule has 0 N–H and O–H groups in total. The van der Waals surface area contributed by atoms with Crippen LogP contribution >= 0.6 is 31.9 Å². The number of ether oxygens (including phenoxy) is 2.